The molecule has 0 saturated carbocycles. The molecule has 0 spiro atoms. The minimum absolute atomic E-state index is 0.975. The average Bonchev–Trinajstić information content (AvgIpc) is 2.15. The van der Waals surface area contributed by atoms with E-state index in [1.54, 1.807) is 0 Å². The van der Waals surface area contributed by atoms with Crippen molar-refractivity contribution in [2.45, 2.75) is 20.8 Å². The Balaban J connectivity index is 2.94. The third-order valence-electron chi connectivity index (χ3n) is 2.62. The van der Waals surface area contributed by atoms with Gasteiger partial charge in [-0.25, -0.2) is 0 Å². The molecule has 1 heterocycles. The number of para-hydroxylation sites is 1. The molecule has 13 heavy (non-hydrogen) atoms. The van der Waals surface area contributed by atoms with Crippen LogP contribution in [0.1, 0.15) is 16.8 Å². The molecule has 0 atom stereocenters. The summed E-state index contributed by atoms with van der Waals surface area (Å²) >= 11 is 0. The molecule has 0 fully saturated rings. The van der Waals surface area contributed by atoms with Crippen LogP contribution < -0.4 is 0 Å². The van der Waals surface area contributed by atoms with Gasteiger partial charge in [0, 0.05) is 17.1 Å². The number of benzene rings is 1. The largest absolute Gasteiger partial charge is 0.252 e. The maximum Gasteiger partial charge on any atom is 0.0787 e. The number of nitrogens with zero attached hydrogens (tertiary/aromatic N) is 1. The summed E-state index contributed by atoms with van der Waals surface area (Å²) in [4.78, 5) is 4.48. The van der Waals surface area contributed by atoms with Crippen molar-refractivity contribution in [3.05, 3.63) is 41.1 Å². The number of pyridine rings is 1. The van der Waals surface area contributed by atoms with E-state index in [1.165, 1.54) is 16.5 Å². The maximum atomic E-state index is 4.48. The van der Waals surface area contributed by atoms with Crippen molar-refractivity contribution in [1.82, 2.24) is 4.98 Å². The third kappa shape index (κ3) is 1.21. The Morgan fingerprint density at radius 1 is 1.15 bits per heavy atom. The average molecular weight is 170 g/mol. The van der Waals surface area contributed by atoms with Crippen LogP contribution in [0.25, 0.3) is 10.9 Å². The molecule has 1 aromatic heterocycles. The summed E-state index contributed by atoms with van der Waals surface area (Å²) < 4.78 is 0. The van der Waals surface area contributed by atoms with Gasteiger partial charge in [0.25, 0.3) is 0 Å². The molecule has 0 N–H and O–H groups in total. The van der Waals surface area contributed by atoms with Gasteiger partial charge in [-0.3, -0.25) is 4.98 Å². The standard InChI is InChI=1S/C12H12N/c1-8-9(2)11-6-4-5-7-12(11)13-10(8)3/h4-6H,1-3H3. The van der Waals surface area contributed by atoms with Crippen LogP contribution in [0.15, 0.2) is 18.2 Å². The number of hydrogen-bond donors (Lipinski definition) is 0. The van der Waals surface area contributed by atoms with Gasteiger partial charge < -0.3 is 0 Å². The van der Waals surface area contributed by atoms with Crippen LogP contribution in [-0.2, 0) is 0 Å². The predicted molar refractivity (Wildman–Crippen MR) is 54.8 cm³/mol. The molecular formula is C12H12N. The first-order chi connectivity index (χ1) is 6.20. The quantitative estimate of drug-likeness (QED) is 0.592. The van der Waals surface area contributed by atoms with Crippen LogP contribution in [-0.4, -0.2) is 4.98 Å². The first-order valence-electron chi connectivity index (χ1n) is 4.44. The zero-order valence-electron chi connectivity index (χ0n) is 8.18. The molecule has 0 aliphatic carbocycles. The lowest BCUT2D eigenvalue weighted by Gasteiger charge is -2.07. The monoisotopic (exact) mass is 170 g/mol. The van der Waals surface area contributed by atoms with E-state index in [-0.39, 0.29) is 0 Å². The summed E-state index contributed by atoms with van der Waals surface area (Å²) in [7, 11) is 0. The number of aromatic nitrogens is 1. The summed E-state index contributed by atoms with van der Waals surface area (Å²) in [6.45, 7) is 6.30. The molecule has 65 valence electrons. The van der Waals surface area contributed by atoms with Crippen LogP contribution in [0.2, 0.25) is 0 Å². The number of fused-ring (bicyclic) bond motifs is 1. The van der Waals surface area contributed by atoms with Crippen LogP contribution in [0.5, 0.6) is 0 Å². The molecule has 0 unspecified atom stereocenters. The number of rotatable bonds is 0. The Labute approximate surface area is 78.4 Å². The summed E-state index contributed by atoms with van der Waals surface area (Å²) in [5.41, 5.74) is 4.68. The van der Waals surface area contributed by atoms with E-state index in [0.29, 0.717) is 0 Å². The summed E-state index contributed by atoms with van der Waals surface area (Å²) in [5, 5.41) is 1.21. The van der Waals surface area contributed by atoms with Crippen molar-refractivity contribution in [2.75, 3.05) is 0 Å². The smallest absolute Gasteiger partial charge is 0.0787 e. The highest BCUT2D eigenvalue weighted by Crippen LogP contribution is 2.20. The molecule has 1 nitrogen and oxygen atoms in total. The number of aryl methyl sites for hydroxylation is 2. The highest BCUT2D eigenvalue weighted by atomic mass is 14.7. The second-order valence-corrected chi connectivity index (χ2v) is 3.38. The molecule has 1 aromatic carbocycles. The van der Waals surface area contributed by atoms with E-state index in [4.69, 9.17) is 0 Å². The van der Waals surface area contributed by atoms with Gasteiger partial charge in [0.2, 0.25) is 0 Å². The second-order valence-electron chi connectivity index (χ2n) is 3.38. The molecule has 2 rings (SSSR count). The van der Waals surface area contributed by atoms with Crippen LogP contribution in [0.3, 0.4) is 0 Å². The van der Waals surface area contributed by atoms with E-state index in [9.17, 15) is 0 Å². The van der Waals surface area contributed by atoms with Crippen molar-refractivity contribution in [2.24, 2.45) is 0 Å². The highest BCUT2D eigenvalue weighted by molar-refractivity contribution is 5.82. The van der Waals surface area contributed by atoms with Crippen molar-refractivity contribution in [3.63, 3.8) is 0 Å². The van der Waals surface area contributed by atoms with Gasteiger partial charge >= 0.3 is 0 Å². The molecular weight excluding hydrogens is 158 g/mol. The van der Waals surface area contributed by atoms with E-state index >= 15 is 0 Å². The lowest BCUT2D eigenvalue weighted by Crippen LogP contribution is -1.92. The zero-order chi connectivity index (χ0) is 9.42. The van der Waals surface area contributed by atoms with Crippen molar-refractivity contribution < 1.29 is 0 Å². The van der Waals surface area contributed by atoms with Gasteiger partial charge in [-0.1, -0.05) is 18.2 Å². The molecule has 0 aliphatic rings. The molecule has 0 aliphatic heterocycles. The summed E-state index contributed by atoms with van der Waals surface area (Å²) in [5.74, 6) is 0. The SMILES string of the molecule is Cc1nc2[c]cccc2c(C)c1C. The van der Waals surface area contributed by atoms with Crippen LogP contribution >= 0.6 is 0 Å². The van der Waals surface area contributed by atoms with Crippen LogP contribution in [0, 0.1) is 26.8 Å². The first kappa shape index (κ1) is 8.24. The lowest BCUT2D eigenvalue weighted by atomic mass is 10.0. The molecule has 0 bridgehead atoms. The molecule has 0 saturated heterocycles. The zero-order valence-corrected chi connectivity index (χ0v) is 8.18. The number of hydrogen-bond acceptors (Lipinski definition) is 1. The topological polar surface area (TPSA) is 12.9 Å². The molecule has 1 heteroatoms. The normalized spacial score (nSPS) is 10.7. The molecule has 2 aromatic rings. The van der Waals surface area contributed by atoms with Gasteiger partial charge in [-0.15, -0.1) is 0 Å². The Kier molecular flexibility index (Phi) is 1.80. The minimum Gasteiger partial charge on any atom is -0.252 e. The van der Waals surface area contributed by atoms with E-state index in [1.807, 2.05) is 19.1 Å². The Morgan fingerprint density at radius 3 is 2.69 bits per heavy atom. The molecule has 1 radical (unpaired) electrons. The van der Waals surface area contributed by atoms with Gasteiger partial charge in [-0.05, 0) is 31.9 Å². The third-order valence-corrected chi connectivity index (χ3v) is 2.62. The van der Waals surface area contributed by atoms with Gasteiger partial charge in [0.1, 0.15) is 0 Å². The van der Waals surface area contributed by atoms with Crippen molar-refractivity contribution in [1.29, 1.82) is 0 Å². The van der Waals surface area contributed by atoms with E-state index in [0.717, 1.165) is 11.2 Å². The minimum atomic E-state index is 0.975. The molecule has 0 amide bonds. The van der Waals surface area contributed by atoms with Crippen molar-refractivity contribution in [3.8, 4) is 0 Å². The Morgan fingerprint density at radius 2 is 1.92 bits per heavy atom. The predicted octanol–water partition coefficient (Wildman–Crippen LogP) is 2.96. The second kappa shape index (κ2) is 2.84. The lowest BCUT2D eigenvalue weighted by molar-refractivity contribution is 1.17. The van der Waals surface area contributed by atoms with Gasteiger partial charge in [0.05, 0.1) is 5.52 Å². The fourth-order valence-corrected chi connectivity index (χ4v) is 1.55. The maximum absolute atomic E-state index is 4.48. The fourth-order valence-electron chi connectivity index (χ4n) is 1.55. The summed E-state index contributed by atoms with van der Waals surface area (Å²) in [6.07, 6.45) is 0. The first-order valence-corrected chi connectivity index (χ1v) is 4.44. The Bertz CT molecular complexity index is 458. The van der Waals surface area contributed by atoms with E-state index < -0.39 is 0 Å². The van der Waals surface area contributed by atoms with Crippen molar-refractivity contribution >= 4 is 10.9 Å². The fraction of sp³-hybridized carbons (Fsp3) is 0.250. The highest BCUT2D eigenvalue weighted by Gasteiger charge is 2.03. The Hall–Kier alpha value is -1.37. The van der Waals surface area contributed by atoms with Crippen LogP contribution in [0.4, 0.5) is 0 Å². The van der Waals surface area contributed by atoms with Gasteiger partial charge in [-0.2, -0.15) is 0 Å². The summed E-state index contributed by atoms with van der Waals surface area (Å²) in [6, 6.07) is 9.16. The van der Waals surface area contributed by atoms with E-state index in [2.05, 4.69) is 31.0 Å². The van der Waals surface area contributed by atoms with Gasteiger partial charge in [0.15, 0.2) is 0 Å².